The van der Waals surface area contributed by atoms with Gasteiger partial charge in [-0.2, -0.15) is 0 Å². The fraction of sp³-hybridized carbons (Fsp3) is 0.0606. The predicted octanol–water partition coefficient (Wildman–Crippen LogP) is 7.27. The molecule has 0 saturated carbocycles. The van der Waals surface area contributed by atoms with Gasteiger partial charge in [-0.1, -0.05) is 48.5 Å². The van der Waals surface area contributed by atoms with Crippen molar-refractivity contribution in [1.29, 1.82) is 0 Å². The smallest absolute Gasteiger partial charge is 0.268 e. The zero-order valence-electron chi connectivity index (χ0n) is 22.3. The van der Waals surface area contributed by atoms with Crippen LogP contribution in [0, 0.1) is 0 Å². The van der Waals surface area contributed by atoms with Crippen molar-refractivity contribution in [2.24, 2.45) is 0 Å². The predicted molar refractivity (Wildman–Crippen MR) is 161 cm³/mol. The van der Waals surface area contributed by atoms with E-state index in [0.29, 0.717) is 34.8 Å². The van der Waals surface area contributed by atoms with Gasteiger partial charge in [0, 0.05) is 22.8 Å². The molecule has 0 radical (unpaired) electrons. The summed E-state index contributed by atoms with van der Waals surface area (Å²) < 4.78 is 40.7. The van der Waals surface area contributed by atoms with Gasteiger partial charge in [-0.15, -0.1) is 0 Å². The standard InChI is InChI=1S/C33H27N3O4S/c1-39-29-14-12-27(13-15-29)35-28-18-26(21-34-22-28)33-20-25-19-30(40-23-24-8-4-2-5-9-24)16-17-32(25)36(33)41(37,38)31-10-6-3-7-11-31/h2-22,35H,23H2,1H3. The maximum absolute atomic E-state index is 14.0. The molecule has 0 aliphatic carbocycles. The molecular weight excluding hydrogens is 534 g/mol. The number of methoxy groups -OCH3 is 1. The number of anilines is 2. The van der Waals surface area contributed by atoms with E-state index in [0.717, 1.165) is 22.4 Å². The molecule has 6 aromatic rings. The highest BCUT2D eigenvalue weighted by atomic mass is 32.2. The lowest BCUT2D eigenvalue weighted by atomic mass is 10.2. The highest BCUT2D eigenvalue weighted by Gasteiger charge is 2.24. The molecule has 0 fully saturated rings. The molecule has 0 bridgehead atoms. The van der Waals surface area contributed by atoms with Crippen LogP contribution in [0.4, 0.5) is 11.4 Å². The van der Waals surface area contributed by atoms with Crippen LogP contribution in [0.1, 0.15) is 5.56 Å². The molecule has 0 amide bonds. The molecule has 0 atom stereocenters. The number of nitrogens with one attached hydrogen (secondary N) is 1. The molecule has 7 nitrogen and oxygen atoms in total. The Hall–Kier alpha value is -5.08. The highest BCUT2D eigenvalue weighted by molar-refractivity contribution is 7.90. The molecule has 0 spiro atoms. The molecule has 0 aliphatic heterocycles. The minimum Gasteiger partial charge on any atom is -0.497 e. The summed E-state index contributed by atoms with van der Waals surface area (Å²) in [5.74, 6) is 1.40. The van der Waals surface area contributed by atoms with Gasteiger partial charge >= 0.3 is 0 Å². The first-order chi connectivity index (χ1) is 20.0. The van der Waals surface area contributed by atoms with Crippen molar-refractivity contribution < 1.29 is 17.9 Å². The van der Waals surface area contributed by atoms with E-state index in [1.807, 2.05) is 72.8 Å². The number of ether oxygens (including phenoxy) is 2. The molecule has 0 unspecified atom stereocenters. The van der Waals surface area contributed by atoms with E-state index in [1.165, 1.54) is 3.97 Å². The molecule has 41 heavy (non-hydrogen) atoms. The van der Waals surface area contributed by atoms with Gasteiger partial charge < -0.3 is 14.8 Å². The van der Waals surface area contributed by atoms with Crippen LogP contribution in [0.5, 0.6) is 11.5 Å². The first kappa shape index (κ1) is 26.2. The SMILES string of the molecule is COc1ccc(Nc2cncc(-c3cc4cc(OCc5ccccc5)ccc4n3S(=O)(=O)c3ccccc3)c2)cc1. The zero-order chi connectivity index (χ0) is 28.2. The summed E-state index contributed by atoms with van der Waals surface area (Å²) in [6.45, 7) is 0.408. The topological polar surface area (TPSA) is 82.4 Å². The van der Waals surface area contributed by atoms with Crippen LogP contribution in [-0.4, -0.2) is 24.5 Å². The van der Waals surface area contributed by atoms with Crippen LogP contribution < -0.4 is 14.8 Å². The third kappa shape index (κ3) is 5.50. The van der Waals surface area contributed by atoms with Crippen molar-refractivity contribution >= 4 is 32.3 Å². The van der Waals surface area contributed by atoms with Crippen LogP contribution >= 0.6 is 0 Å². The van der Waals surface area contributed by atoms with E-state index in [1.54, 1.807) is 62.0 Å². The Morgan fingerprint density at radius 2 is 1.46 bits per heavy atom. The highest BCUT2D eigenvalue weighted by Crippen LogP contribution is 2.35. The molecule has 2 heterocycles. The van der Waals surface area contributed by atoms with Crippen molar-refractivity contribution in [2.75, 3.05) is 12.4 Å². The van der Waals surface area contributed by atoms with Gasteiger partial charge in [-0.25, -0.2) is 12.4 Å². The zero-order valence-corrected chi connectivity index (χ0v) is 23.1. The lowest BCUT2D eigenvalue weighted by Crippen LogP contribution is -2.14. The van der Waals surface area contributed by atoms with E-state index in [-0.39, 0.29) is 4.90 Å². The fourth-order valence-corrected chi connectivity index (χ4v) is 6.20. The average molecular weight is 562 g/mol. The minimum absolute atomic E-state index is 0.198. The number of rotatable bonds is 9. The average Bonchev–Trinajstić information content (AvgIpc) is 3.41. The molecule has 0 saturated heterocycles. The lowest BCUT2D eigenvalue weighted by molar-refractivity contribution is 0.306. The summed E-state index contributed by atoms with van der Waals surface area (Å²) in [6, 6.07) is 35.0. The maximum Gasteiger partial charge on any atom is 0.268 e. The Morgan fingerprint density at radius 1 is 0.756 bits per heavy atom. The summed E-state index contributed by atoms with van der Waals surface area (Å²) in [5.41, 5.74) is 4.30. The number of hydrogen-bond acceptors (Lipinski definition) is 6. The Kier molecular flexibility index (Phi) is 7.14. The van der Waals surface area contributed by atoms with Gasteiger partial charge in [0.1, 0.15) is 18.1 Å². The fourth-order valence-electron chi connectivity index (χ4n) is 4.65. The molecule has 4 aromatic carbocycles. The van der Waals surface area contributed by atoms with E-state index >= 15 is 0 Å². The van der Waals surface area contributed by atoms with Crippen molar-refractivity contribution in [1.82, 2.24) is 8.96 Å². The monoisotopic (exact) mass is 561 g/mol. The van der Waals surface area contributed by atoms with Gasteiger partial charge in [-0.05, 0) is 72.3 Å². The second kappa shape index (κ2) is 11.2. The van der Waals surface area contributed by atoms with E-state index in [9.17, 15) is 8.42 Å². The minimum atomic E-state index is -3.93. The summed E-state index contributed by atoms with van der Waals surface area (Å²) in [6.07, 6.45) is 3.36. The number of fused-ring (bicyclic) bond motifs is 1. The van der Waals surface area contributed by atoms with Crippen molar-refractivity contribution in [3.63, 3.8) is 0 Å². The van der Waals surface area contributed by atoms with Crippen LogP contribution in [0.3, 0.4) is 0 Å². The largest absolute Gasteiger partial charge is 0.497 e. The molecule has 6 rings (SSSR count). The summed E-state index contributed by atoms with van der Waals surface area (Å²) in [4.78, 5) is 4.62. The Labute approximate surface area is 238 Å². The Morgan fingerprint density at radius 3 is 2.20 bits per heavy atom. The normalized spacial score (nSPS) is 11.3. The van der Waals surface area contributed by atoms with Crippen molar-refractivity contribution in [3.05, 3.63) is 133 Å². The molecule has 1 N–H and O–H groups in total. The van der Waals surface area contributed by atoms with Crippen LogP contribution in [0.15, 0.2) is 133 Å². The number of pyridine rings is 1. The Bertz CT molecular complexity index is 1900. The molecular formula is C33H27N3O4S. The van der Waals surface area contributed by atoms with Crippen molar-refractivity contribution in [2.45, 2.75) is 11.5 Å². The third-order valence-electron chi connectivity index (χ3n) is 6.67. The number of benzene rings is 4. The quantitative estimate of drug-likeness (QED) is 0.200. The van der Waals surface area contributed by atoms with E-state index in [4.69, 9.17) is 9.47 Å². The summed E-state index contributed by atoms with van der Waals surface area (Å²) in [5, 5.41) is 4.07. The lowest BCUT2D eigenvalue weighted by Gasteiger charge is -2.13. The molecule has 2 aromatic heterocycles. The van der Waals surface area contributed by atoms with Gasteiger partial charge in [0.05, 0.1) is 35.1 Å². The number of aromatic nitrogens is 2. The van der Waals surface area contributed by atoms with E-state index in [2.05, 4.69) is 10.3 Å². The summed E-state index contributed by atoms with van der Waals surface area (Å²) >= 11 is 0. The van der Waals surface area contributed by atoms with Gasteiger partial charge in [0.25, 0.3) is 10.0 Å². The van der Waals surface area contributed by atoms with Gasteiger partial charge in [-0.3, -0.25) is 4.98 Å². The molecule has 204 valence electrons. The first-order valence-electron chi connectivity index (χ1n) is 13.0. The van der Waals surface area contributed by atoms with Crippen molar-refractivity contribution in [3.8, 4) is 22.8 Å². The first-order valence-corrected chi connectivity index (χ1v) is 14.4. The van der Waals surface area contributed by atoms with Crippen LogP contribution in [0.25, 0.3) is 22.2 Å². The second-order valence-corrected chi connectivity index (χ2v) is 11.2. The molecule has 0 aliphatic rings. The summed E-state index contributed by atoms with van der Waals surface area (Å²) in [7, 11) is -2.31. The maximum atomic E-state index is 14.0. The van der Waals surface area contributed by atoms with Crippen LogP contribution in [-0.2, 0) is 16.6 Å². The Balaban J connectivity index is 1.42. The van der Waals surface area contributed by atoms with Crippen LogP contribution in [0.2, 0.25) is 0 Å². The number of hydrogen-bond donors (Lipinski definition) is 1. The van der Waals surface area contributed by atoms with Gasteiger partial charge in [0.15, 0.2) is 0 Å². The van der Waals surface area contributed by atoms with E-state index < -0.39 is 10.0 Å². The second-order valence-electron chi connectivity index (χ2n) is 9.42. The van der Waals surface area contributed by atoms with Gasteiger partial charge in [0.2, 0.25) is 0 Å². The molecule has 8 heteroatoms. The third-order valence-corrected chi connectivity index (χ3v) is 8.41. The number of nitrogens with zero attached hydrogens (tertiary/aromatic N) is 2.